The van der Waals surface area contributed by atoms with Gasteiger partial charge in [-0.3, -0.25) is 9.08 Å². The lowest BCUT2D eigenvalue weighted by molar-refractivity contribution is 0.107. The Kier molecular flexibility index (Phi) is 9.91. The van der Waals surface area contributed by atoms with Crippen molar-refractivity contribution in [3.05, 3.63) is 95.7 Å². The number of halogens is 3. The molecule has 0 spiro atoms. The number of benzene rings is 3. The van der Waals surface area contributed by atoms with Crippen molar-refractivity contribution in [2.24, 2.45) is 0 Å². The number of rotatable bonds is 13. The fourth-order valence-corrected chi connectivity index (χ4v) is 7.79. The first-order chi connectivity index (χ1) is 24.9. The van der Waals surface area contributed by atoms with E-state index in [1.807, 2.05) is 6.07 Å². The van der Waals surface area contributed by atoms with Crippen molar-refractivity contribution in [1.82, 2.24) is 19.9 Å². The molecular formula is C38H38F3N5O5S. The molecule has 14 heteroatoms. The topological polar surface area (TPSA) is 127 Å². The van der Waals surface area contributed by atoms with Crippen molar-refractivity contribution < 1.29 is 35.6 Å². The van der Waals surface area contributed by atoms with Crippen LogP contribution in [0.1, 0.15) is 42.1 Å². The Balaban J connectivity index is 1.23. The van der Waals surface area contributed by atoms with Crippen molar-refractivity contribution in [2.75, 3.05) is 44.4 Å². The van der Waals surface area contributed by atoms with Gasteiger partial charge in [0, 0.05) is 42.2 Å². The molecule has 0 bridgehead atoms. The summed E-state index contributed by atoms with van der Waals surface area (Å²) in [6.07, 6.45) is 4.18. The Morgan fingerprint density at radius 1 is 1.17 bits per heavy atom. The molecule has 3 atom stereocenters. The number of hydrogen-bond acceptors (Lipinski definition) is 10. The van der Waals surface area contributed by atoms with Crippen LogP contribution in [-0.2, 0) is 20.7 Å². The molecule has 2 aliphatic rings. The van der Waals surface area contributed by atoms with E-state index in [9.17, 15) is 17.9 Å². The first kappa shape index (κ1) is 35.8. The molecule has 52 heavy (non-hydrogen) atoms. The molecular weight excluding hydrogens is 696 g/mol. The molecule has 2 aromatic heterocycles. The van der Waals surface area contributed by atoms with Crippen LogP contribution in [0, 0.1) is 11.6 Å². The second kappa shape index (κ2) is 14.4. The summed E-state index contributed by atoms with van der Waals surface area (Å²) >= 11 is 0. The summed E-state index contributed by atoms with van der Waals surface area (Å²) in [4.78, 5) is 15.7. The Hall–Kier alpha value is -4.63. The molecule has 0 aliphatic carbocycles. The highest BCUT2D eigenvalue weighted by Gasteiger charge is 2.49. The second-order valence-electron chi connectivity index (χ2n) is 13.4. The molecule has 2 N–H and O–H groups in total. The van der Waals surface area contributed by atoms with Crippen LogP contribution in [0.25, 0.3) is 39.0 Å². The highest BCUT2D eigenvalue weighted by molar-refractivity contribution is 7.85. The van der Waals surface area contributed by atoms with Gasteiger partial charge >= 0.3 is 6.01 Å². The van der Waals surface area contributed by atoms with Gasteiger partial charge in [0.2, 0.25) is 0 Å². The molecule has 2 saturated heterocycles. The molecule has 2 fully saturated rings. The zero-order chi connectivity index (χ0) is 36.6. The zero-order valence-electron chi connectivity index (χ0n) is 28.5. The molecule has 7 rings (SSSR count). The van der Waals surface area contributed by atoms with Crippen LogP contribution in [0.5, 0.6) is 6.01 Å². The SMILES string of the molecule is C=Cc1c(F)ccc2cccc(-c3nc(NCCc4cccc(C(O)COS(C)(=O)=O)c4)c4cnc(OC[C@@]56CCCN5C[C@H](F)C6)nc4c3F)c12. The van der Waals surface area contributed by atoms with Gasteiger partial charge in [-0.1, -0.05) is 61.2 Å². The first-order valence-corrected chi connectivity index (χ1v) is 18.8. The van der Waals surface area contributed by atoms with Crippen molar-refractivity contribution in [2.45, 2.75) is 43.5 Å². The summed E-state index contributed by atoms with van der Waals surface area (Å²) in [5, 5.41) is 15.2. The average Bonchev–Trinajstić information content (AvgIpc) is 3.66. The lowest BCUT2D eigenvalue weighted by atomic mass is 9.95. The Morgan fingerprint density at radius 2 is 2.00 bits per heavy atom. The van der Waals surface area contributed by atoms with Crippen LogP contribution in [-0.4, -0.2) is 84.2 Å². The number of fused-ring (bicyclic) bond motifs is 3. The molecule has 2 aliphatic heterocycles. The van der Waals surface area contributed by atoms with Crippen molar-refractivity contribution in [3.63, 3.8) is 0 Å². The first-order valence-electron chi connectivity index (χ1n) is 17.0. The van der Waals surface area contributed by atoms with Crippen molar-refractivity contribution in [1.29, 1.82) is 0 Å². The van der Waals surface area contributed by atoms with Gasteiger partial charge in [0.25, 0.3) is 10.1 Å². The standard InChI is InChI=1S/C38H38F3N5O5S/c1-3-27-30(40)12-11-24-8-5-10-28(32(24)27)34-33(41)35-29(19-43-37(45-35)50-22-38-14-6-16-46(38)20-26(39)18-38)36(44-34)42-15-13-23-7-4-9-25(17-23)31(47)21-51-52(2,48)49/h3-5,7-12,17,19,26,31,47H,1,6,13-16,18,20-22H2,2H3,(H,42,44)/t26-,31?,38+/m1/s1. The number of alkyl halides is 1. The van der Waals surface area contributed by atoms with Crippen LogP contribution >= 0.6 is 0 Å². The van der Waals surface area contributed by atoms with Gasteiger partial charge in [0.05, 0.1) is 23.8 Å². The number of nitrogens with one attached hydrogen (secondary N) is 1. The molecule has 272 valence electrons. The summed E-state index contributed by atoms with van der Waals surface area (Å²) in [6, 6.07) is 15.1. The zero-order valence-corrected chi connectivity index (χ0v) is 29.3. The highest BCUT2D eigenvalue weighted by Crippen LogP contribution is 2.41. The summed E-state index contributed by atoms with van der Waals surface area (Å²) in [5.74, 6) is -0.978. The van der Waals surface area contributed by atoms with E-state index >= 15 is 8.78 Å². The lowest BCUT2D eigenvalue weighted by Gasteiger charge is -2.30. The smallest absolute Gasteiger partial charge is 0.317 e. The number of ether oxygens (including phenoxy) is 1. The van der Waals surface area contributed by atoms with E-state index in [1.165, 1.54) is 18.3 Å². The number of hydrogen-bond donors (Lipinski definition) is 2. The van der Waals surface area contributed by atoms with E-state index in [0.717, 1.165) is 31.2 Å². The van der Waals surface area contributed by atoms with Crippen molar-refractivity contribution in [3.8, 4) is 17.3 Å². The van der Waals surface area contributed by atoms with Gasteiger partial charge in [0.15, 0.2) is 5.82 Å². The fraction of sp³-hybridized carbons (Fsp3) is 0.342. The maximum Gasteiger partial charge on any atom is 0.317 e. The van der Waals surface area contributed by atoms with Crippen LogP contribution in [0.4, 0.5) is 19.0 Å². The molecule has 5 aromatic rings. The van der Waals surface area contributed by atoms with Gasteiger partial charge in [-0.2, -0.15) is 13.4 Å². The van der Waals surface area contributed by atoms with Crippen LogP contribution in [0.15, 0.2) is 67.4 Å². The number of anilines is 1. The Bertz CT molecular complexity index is 2280. The number of aromatic nitrogens is 3. The van der Waals surface area contributed by atoms with Gasteiger partial charge in [-0.15, -0.1) is 0 Å². The third-order valence-corrected chi connectivity index (χ3v) is 10.4. The summed E-state index contributed by atoms with van der Waals surface area (Å²) in [5.41, 5.74) is 1.29. The minimum atomic E-state index is -3.72. The molecule has 10 nitrogen and oxygen atoms in total. The summed E-state index contributed by atoms with van der Waals surface area (Å²) in [6.45, 7) is 5.01. The van der Waals surface area contributed by atoms with E-state index < -0.39 is 46.2 Å². The van der Waals surface area contributed by atoms with Gasteiger partial charge in [-0.05, 0) is 48.4 Å². The van der Waals surface area contributed by atoms with E-state index in [1.54, 1.807) is 42.5 Å². The van der Waals surface area contributed by atoms with Gasteiger partial charge < -0.3 is 15.2 Å². The number of pyridine rings is 1. The third kappa shape index (κ3) is 7.20. The minimum Gasteiger partial charge on any atom is -0.461 e. The number of aliphatic hydroxyl groups excluding tert-OH is 1. The van der Waals surface area contributed by atoms with E-state index in [-0.39, 0.29) is 40.6 Å². The maximum atomic E-state index is 16.7. The van der Waals surface area contributed by atoms with Crippen molar-refractivity contribution >= 4 is 43.7 Å². The normalized spacial score (nSPS) is 19.6. The maximum absolute atomic E-state index is 16.7. The van der Waals surface area contributed by atoms with Crippen LogP contribution < -0.4 is 10.1 Å². The van der Waals surface area contributed by atoms with E-state index in [4.69, 9.17) is 13.9 Å². The molecule has 0 amide bonds. The Morgan fingerprint density at radius 3 is 2.81 bits per heavy atom. The summed E-state index contributed by atoms with van der Waals surface area (Å²) in [7, 11) is -3.72. The predicted molar refractivity (Wildman–Crippen MR) is 193 cm³/mol. The minimum absolute atomic E-state index is 0.0518. The number of aliphatic hydroxyl groups is 1. The van der Waals surface area contributed by atoms with E-state index in [0.29, 0.717) is 47.8 Å². The third-order valence-electron chi connectivity index (χ3n) is 9.87. The molecule has 4 heterocycles. The fourth-order valence-electron chi connectivity index (χ4n) is 7.41. The largest absolute Gasteiger partial charge is 0.461 e. The lowest BCUT2D eigenvalue weighted by Crippen LogP contribution is -2.43. The summed E-state index contributed by atoms with van der Waals surface area (Å²) < 4.78 is 79.7. The van der Waals surface area contributed by atoms with Gasteiger partial charge in [0.1, 0.15) is 41.7 Å². The quantitative estimate of drug-likeness (QED) is 0.132. The van der Waals surface area contributed by atoms with Gasteiger partial charge in [-0.25, -0.2) is 23.1 Å². The monoisotopic (exact) mass is 733 g/mol. The molecule has 3 aromatic carbocycles. The van der Waals surface area contributed by atoms with Crippen LogP contribution in [0.2, 0.25) is 0 Å². The van der Waals surface area contributed by atoms with E-state index in [2.05, 4.69) is 26.8 Å². The average molecular weight is 734 g/mol. The number of nitrogens with zero attached hydrogens (tertiary/aromatic N) is 4. The molecule has 0 saturated carbocycles. The molecule has 0 radical (unpaired) electrons. The predicted octanol–water partition coefficient (Wildman–Crippen LogP) is 6.39. The van der Waals surface area contributed by atoms with Crippen LogP contribution in [0.3, 0.4) is 0 Å². The second-order valence-corrected chi connectivity index (χ2v) is 15.0. The highest BCUT2D eigenvalue weighted by atomic mass is 32.2. The Labute approximate surface area is 299 Å². The molecule has 1 unspecified atom stereocenters.